The average Bonchev–Trinajstić information content (AvgIpc) is 3.27. The Kier molecular flexibility index (Phi) is 8.35. The summed E-state index contributed by atoms with van der Waals surface area (Å²) in [7, 11) is 1.63. The topological polar surface area (TPSA) is 103 Å². The zero-order chi connectivity index (χ0) is 27.4. The lowest BCUT2D eigenvalue weighted by Crippen LogP contribution is -2.33. The molecule has 5 rings (SSSR count). The van der Waals surface area contributed by atoms with E-state index in [1.807, 2.05) is 16.7 Å². The van der Waals surface area contributed by atoms with Gasteiger partial charge in [0.2, 0.25) is 5.88 Å². The predicted molar refractivity (Wildman–Crippen MR) is 144 cm³/mol. The molecule has 11 heteroatoms. The molecular weight excluding hydrogens is 525 g/mol. The van der Waals surface area contributed by atoms with Crippen molar-refractivity contribution in [3.8, 4) is 5.88 Å². The van der Waals surface area contributed by atoms with Crippen molar-refractivity contribution in [2.45, 2.75) is 38.5 Å². The molecule has 0 radical (unpaired) electrons. The zero-order valence-corrected chi connectivity index (χ0v) is 22.3. The molecule has 1 aliphatic rings. The van der Waals surface area contributed by atoms with E-state index in [1.54, 1.807) is 31.4 Å². The summed E-state index contributed by atoms with van der Waals surface area (Å²) in [6, 6.07) is 13.4. The predicted octanol–water partition coefficient (Wildman–Crippen LogP) is 4.92. The number of piperidine rings is 1. The van der Waals surface area contributed by atoms with Crippen molar-refractivity contribution in [3.05, 3.63) is 82.1 Å². The molecule has 3 aromatic heterocycles. The van der Waals surface area contributed by atoms with Crippen LogP contribution in [0.15, 0.2) is 48.5 Å². The Morgan fingerprint density at radius 1 is 1.13 bits per heavy atom. The van der Waals surface area contributed by atoms with Crippen LogP contribution in [0.3, 0.4) is 0 Å². The number of methoxy groups -OCH3 is 1. The van der Waals surface area contributed by atoms with Crippen LogP contribution in [0.5, 0.6) is 5.88 Å². The van der Waals surface area contributed by atoms with E-state index >= 15 is 0 Å². The second kappa shape index (κ2) is 12.1. The number of rotatable bonds is 10. The van der Waals surface area contributed by atoms with Gasteiger partial charge in [0.25, 0.3) is 0 Å². The molecule has 39 heavy (non-hydrogen) atoms. The summed E-state index contributed by atoms with van der Waals surface area (Å²) in [5.74, 6) is 0.104. The summed E-state index contributed by atoms with van der Waals surface area (Å²) in [5, 5.41) is 9.71. The number of benzene rings is 1. The van der Waals surface area contributed by atoms with E-state index in [4.69, 9.17) is 31.0 Å². The SMILES string of the molecule is COCCn1c(CN2CCC(c3cccc(OCc4ccc(Cl)cc4F)n3)CC2)nc2ccc(C(=O)O)nc21. The largest absolute Gasteiger partial charge is 0.477 e. The molecule has 0 atom stereocenters. The molecule has 1 aromatic carbocycles. The van der Waals surface area contributed by atoms with E-state index in [0.717, 1.165) is 37.4 Å². The summed E-state index contributed by atoms with van der Waals surface area (Å²) < 4.78 is 27.1. The number of ether oxygens (including phenoxy) is 2. The minimum absolute atomic E-state index is 0.00885. The standard InChI is InChI=1S/C28H29ClFN5O4/c1-38-14-13-35-25(31-23-7-8-24(28(36)37)33-27(23)35)16-34-11-9-18(10-12-34)22-3-2-4-26(32-22)39-17-19-5-6-20(29)15-21(19)30/h2-8,15,18H,9-14,16-17H2,1H3,(H,36,37). The average molecular weight is 554 g/mol. The molecule has 1 N–H and O–H groups in total. The lowest BCUT2D eigenvalue weighted by molar-refractivity contribution is 0.0691. The van der Waals surface area contributed by atoms with Gasteiger partial charge < -0.3 is 19.1 Å². The Hall–Kier alpha value is -3.60. The van der Waals surface area contributed by atoms with Gasteiger partial charge in [-0.15, -0.1) is 0 Å². The number of aromatic nitrogens is 4. The molecule has 0 spiro atoms. The van der Waals surface area contributed by atoms with Crippen LogP contribution < -0.4 is 4.74 Å². The van der Waals surface area contributed by atoms with Gasteiger partial charge in [-0.3, -0.25) is 4.90 Å². The minimum Gasteiger partial charge on any atom is -0.477 e. The highest BCUT2D eigenvalue weighted by atomic mass is 35.5. The van der Waals surface area contributed by atoms with Gasteiger partial charge in [-0.1, -0.05) is 23.7 Å². The highest BCUT2D eigenvalue weighted by Gasteiger charge is 2.24. The fraction of sp³-hybridized carbons (Fsp3) is 0.357. The number of nitrogens with zero attached hydrogens (tertiary/aromatic N) is 5. The molecule has 0 unspecified atom stereocenters. The van der Waals surface area contributed by atoms with Crippen LogP contribution in [0, 0.1) is 5.82 Å². The summed E-state index contributed by atoms with van der Waals surface area (Å²) in [6.45, 7) is 3.41. The smallest absolute Gasteiger partial charge is 0.354 e. The molecule has 1 aliphatic heterocycles. The maximum absolute atomic E-state index is 14.1. The molecule has 1 saturated heterocycles. The Bertz CT molecular complexity index is 1470. The first-order valence-corrected chi connectivity index (χ1v) is 13.1. The number of halogens is 2. The lowest BCUT2D eigenvalue weighted by Gasteiger charge is -2.31. The highest BCUT2D eigenvalue weighted by Crippen LogP contribution is 2.29. The zero-order valence-electron chi connectivity index (χ0n) is 21.5. The summed E-state index contributed by atoms with van der Waals surface area (Å²) in [4.78, 5) is 27.5. The van der Waals surface area contributed by atoms with Gasteiger partial charge in [0.05, 0.1) is 13.2 Å². The van der Waals surface area contributed by atoms with Crippen molar-refractivity contribution in [1.82, 2.24) is 24.4 Å². The number of likely N-dealkylation sites (tertiary alicyclic amines) is 1. The summed E-state index contributed by atoms with van der Waals surface area (Å²) in [6.07, 6.45) is 1.84. The Morgan fingerprint density at radius 2 is 1.95 bits per heavy atom. The third-order valence-electron chi connectivity index (χ3n) is 6.92. The van der Waals surface area contributed by atoms with Crippen molar-refractivity contribution in [3.63, 3.8) is 0 Å². The molecule has 9 nitrogen and oxygen atoms in total. The first kappa shape index (κ1) is 27.0. The number of pyridine rings is 2. The number of fused-ring (bicyclic) bond motifs is 1. The van der Waals surface area contributed by atoms with Crippen LogP contribution in [0.25, 0.3) is 11.2 Å². The quantitative estimate of drug-likeness (QED) is 0.295. The van der Waals surface area contributed by atoms with Crippen molar-refractivity contribution in [1.29, 1.82) is 0 Å². The van der Waals surface area contributed by atoms with Crippen molar-refractivity contribution < 1.29 is 23.8 Å². The van der Waals surface area contributed by atoms with Crippen LogP contribution in [-0.4, -0.2) is 62.3 Å². The molecule has 1 fully saturated rings. The van der Waals surface area contributed by atoms with Gasteiger partial charge in [0.1, 0.15) is 23.8 Å². The minimum atomic E-state index is -1.07. The fourth-order valence-corrected chi connectivity index (χ4v) is 4.98. The molecule has 0 bridgehead atoms. The van der Waals surface area contributed by atoms with E-state index in [-0.39, 0.29) is 18.2 Å². The van der Waals surface area contributed by atoms with Crippen LogP contribution >= 0.6 is 11.6 Å². The molecule has 0 aliphatic carbocycles. The lowest BCUT2D eigenvalue weighted by atomic mass is 9.93. The number of aromatic carboxylic acids is 1. The number of hydrogen-bond acceptors (Lipinski definition) is 7. The first-order valence-electron chi connectivity index (χ1n) is 12.8. The second-order valence-corrected chi connectivity index (χ2v) is 9.93. The molecule has 0 amide bonds. The molecule has 4 aromatic rings. The van der Waals surface area contributed by atoms with Crippen LogP contribution in [-0.2, 0) is 24.4 Å². The van der Waals surface area contributed by atoms with Gasteiger partial charge in [0.15, 0.2) is 11.3 Å². The van der Waals surface area contributed by atoms with Crippen LogP contribution in [0.4, 0.5) is 4.39 Å². The highest BCUT2D eigenvalue weighted by molar-refractivity contribution is 6.30. The van der Waals surface area contributed by atoms with E-state index in [9.17, 15) is 14.3 Å². The van der Waals surface area contributed by atoms with Gasteiger partial charge >= 0.3 is 5.97 Å². The van der Waals surface area contributed by atoms with Crippen LogP contribution in [0.2, 0.25) is 5.02 Å². The van der Waals surface area contributed by atoms with Gasteiger partial charge in [-0.05, 0) is 56.3 Å². The van der Waals surface area contributed by atoms with Crippen molar-refractivity contribution >= 4 is 28.7 Å². The normalized spacial score (nSPS) is 14.6. The maximum Gasteiger partial charge on any atom is 0.354 e. The fourth-order valence-electron chi connectivity index (χ4n) is 4.82. The summed E-state index contributed by atoms with van der Waals surface area (Å²) >= 11 is 5.83. The van der Waals surface area contributed by atoms with Crippen LogP contribution in [0.1, 0.15) is 46.3 Å². The Morgan fingerprint density at radius 3 is 2.69 bits per heavy atom. The third kappa shape index (κ3) is 6.35. The van der Waals surface area contributed by atoms with Crippen molar-refractivity contribution in [2.24, 2.45) is 0 Å². The Balaban J connectivity index is 1.23. The van der Waals surface area contributed by atoms with Crippen molar-refractivity contribution in [2.75, 3.05) is 26.8 Å². The second-order valence-electron chi connectivity index (χ2n) is 9.49. The number of carboxylic acids is 1. The molecule has 0 saturated carbocycles. The third-order valence-corrected chi connectivity index (χ3v) is 7.15. The van der Waals surface area contributed by atoms with Gasteiger partial charge in [-0.2, -0.15) is 0 Å². The van der Waals surface area contributed by atoms with E-state index in [0.29, 0.717) is 47.3 Å². The van der Waals surface area contributed by atoms with Gasteiger partial charge in [0, 0.05) is 41.9 Å². The monoisotopic (exact) mass is 553 g/mol. The molecule has 204 valence electrons. The van der Waals surface area contributed by atoms with E-state index in [1.165, 1.54) is 12.1 Å². The van der Waals surface area contributed by atoms with E-state index < -0.39 is 11.8 Å². The maximum atomic E-state index is 14.1. The number of imidazole rings is 1. The molecule has 4 heterocycles. The number of hydrogen-bond donors (Lipinski definition) is 1. The first-order chi connectivity index (χ1) is 18.9. The molecular formula is C28H29ClFN5O4. The Labute approximate surface area is 230 Å². The summed E-state index contributed by atoms with van der Waals surface area (Å²) in [5.41, 5.74) is 2.59. The van der Waals surface area contributed by atoms with Gasteiger partial charge in [-0.25, -0.2) is 24.1 Å². The number of carboxylic acid groups (broad SMARTS) is 1. The van der Waals surface area contributed by atoms with E-state index in [2.05, 4.69) is 9.88 Å². The number of carbonyl (C=O) groups is 1.